The van der Waals surface area contributed by atoms with Crippen LogP contribution in [0.5, 0.6) is 0 Å². The van der Waals surface area contributed by atoms with Crippen LogP contribution in [-0.4, -0.2) is 88.9 Å². The lowest BCUT2D eigenvalue weighted by Crippen LogP contribution is -2.05. The summed E-state index contributed by atoms with van der Waals surface area (Å²) in [6, 6.07) is 135. The fourth-order valence-electron chi connectivity index (χ4n) is 16.8. The number of nitriles is 1. The van der Waals surface area contributed by atoms with E-state index in [9.17, 15) is 5.26 Å². The Labute approximate surface area is 744 Å². The van der Waals surface area contributed by atoms with E-state index in [1.807, 2.05) is 334 Å². The first-order valence-corrected chi connectivity index (χ1v) is 42.4. The van der Waals surface area contributed by atoms with Crippen molar-refractivity contribution in [1.29, 1.82) is 5.26 Å². The lowest BCUT2D eigenvalue weighted by Gasteiger charge is -2.18. The Bertz CT molecular complexity index is 7660. The molecule has 0 fully saturated rings. The Hall–Kier alpha value is -18.4. The van der Waals surface area contributed by atoms with Crippen LogP contribution in [0, 0.1) is 11.3 Å². The lowest BCUT2D eigenvalue weighted by atomic mass is 9.98. The van der Waals surface area contributed by atoms with Gasteiger partial charge in [-0.05, 0) is 97.1 Å². The molecule has 0 unspecified atom stereocenters. The van der Waals surface area contributed by atoms with E-state index in [1.165, 1.54) is 0 Å². The van der Waals surface area contributed by atoms with Crippen LogP contribution in [-0.2, 0) is 0 Å². The zero-order valence-corrected chi connectivity index (χ0v) is 69.2. The average Bonchev–Trinajstić information content (AvgIpc) is 1.57. The summed E-state index contributed by atoms with van der Waals surface area (Å²) in [5.74, 6) is 7.26. The number of aromatic nitrogens is 18. The Morgan fingerprint density at radius 1 is 0.185 bits per heavy atom. The number of benzene rings is 15. The lowest BCUT2D eigenvalue weighted by molar-refractivity contribution is 1.07. The standard InChI is InChI=1S/C111H67N19/c112-68-84-61-83(111-127-105(77-47-27-9-28-48-77)118-106(128-111)78-49-29-10-30-50-78)66-90(96(84)130-94-57-53-81(109-123-101(73-39-19-5-20-40-73)116-102(124-109)74-41-21-6-22-42-74)64-88(94)89-65-82(54-58-95(89)130)110-125-103(75-43-23-7-24-44-75)117-104(126-110)76-45-25-8-26-46-76)91-67-85(59-60-113-91)129-92-55-51-79(107-119-97(69-31-11-1-12-32-69)114-98(120-107)70-33-13-2-14-34-70)62-86(92)87-63-80(52-56-93(87)129)108-121-99(71-35-15-3-16-36-71)115-100(122-108)72-37-17-4-18-38-72/h1-67H. The summed E-state index contributed by atoms with van der Waals surface area (Å²) in [4.78, 5) is 83.8. The number of pyridine rings is 1. The largest absolute Gasteiger partial charge is 0.309 e. The highest BCUT2D eigenvalue weighted by atomic mass is 15.1. The van der Waals surface area contributed by atoms with E-state index in [4.69, 9.17) is 79.7 Å². The smallest absolute Gasteiger partial charge is 0.164 e. The molecule has 23 rings (SSSR count). The normalized spacial score (nSPS) is 11.4. The molecule has 130 heavy (non-hydrogen) atoms. The quantitative estimate of drug-likeness (QED) is 0.0775. The number of fused-ring (bicyclic) bond motifs is 6. The topological polar surface area (TPSA) is 240 Å². The van der Waals surface area contributed by atoms with Crippen molar-refractivity contribution in [3.8, 4) is 200 Å². The van der Waals surface area contributed by atoms with E-state index < -0.39 is 0 Å². The van der Waals surface area contributed by atoms with Gasteiger partial charge in [0.05, 0.1) is 39.0 Å². The maximum atomic E-state index is 12.5. The summed E-state index contributed by atoms with van der Waals surface area (Å²) in [6.45, 7) is 0. The number of hydrogen-bond donors (Lipinski definition) is 0. The third-order valence-electron chi connectivity index (χ3n) is 23.0. The van der Waals surface area contributed by atoms with Gasteiger partial charge in [0, 0.05) is 122 Å². The van der Waals surface area contributed by atoms with E-state index in [0.29, 0.717) is 121 Å². The minimum atomic E-state index is 0.287. The summed E-state index contributed by atoms with van der Waals surface area (Å²) in [6.07, 6.45) is 1.83. The number of hydrogen-bond acceptors (Lipinski definition) is 17. The van der Waals surface area contributed by atoms with Gasteiger partial charge in [0.25, 0.3) is 0 Å². The maximum Gasteiger partial charge on any atom is 0.164 e. The van der Waals surface area contributed by atoms with Gasteiger partial charge in [0.1, 0.15) is 6.07 Å². The molecule has 0 saturated heterocycles. The van der Waals surface area contributed by atoms with E-state index in [1.54, 1.807) is 0 Å². The molecule has 15 aromatic carbocycles. The highest BCUT2D eigenvalue weighted by Gasteiger charge is 2.28. The van der Waals surface area contributed by atoms with Gasteiger partial charge in [-0.25, -0.2) is 74.8 Å². The van der Waals surface area contributed by atoms with Crippen LogP contribution in [0.3, 0.4) is 0 Å². The molecule has 0 bridgehead atoms. The highest BCUT2D eigenvalue weighted by molar-refractivity contribution is 6.14. The van der Waals surface area contributed by atoms with Crippen molar-refractivity contribution >= 4 is 43.6 Å². The third-order valence-corrected chi connectivity index (χ3v) is 23.0. The predicted molar refractivity (Wildman–Crippen MR) is 512 cm³/mol. The second-order valence-electron chi connectivity index (χ2n) is 31.2. The Balaban J connectivity index is 0.778. The zero-order chi connectivity index (χ0) is 86.4. The van der Waals surface area contributed by atoms with Gasteiger partial charge in [0.2, 0.25) is 0 Å². The Kier molecular flexibility index (Phi) is 19.4. The van der Waals surface area contributed by atoms with Crippen LogP contribution in [0.4, 0.5) is 0 Å². The van der Waals surface area contributed by atoms with Crippen LogP contribution >= 0.6 is 0 Å². The molecule has 8 heterocycles. The highest BCUT2D eigenvalue weighted by Crippen LogP contribution is 2.45. The molecule has 0 aliphatic rings. The van der Waals surface area contributed by atoms with Crippen LogP contribution in [0.1, 0.15) is 5.56 Å². The fourth-order valence-corrected chi connectivity index (χ4v) is 16.8. The van der Waals surface area contributed by atoms with Crippen molar-refractivity contribution in [3.05, 3.63) is 412 Å². The van der Waals surface area contributed by atoms with Gasteiger partial charge < -0.3 is 9.13 Å². The molecule has 0 radical (unpaired) electrons. The number of rotatable bonds is 18. The molecule has 0 aliphatic carbocycles. The molecular weight excluding hydrogens is 1600 g/mol. The van der Waals surface area contributed by atoms with Gasteiger partial charge >= 0.3 is 0 Å². The van der Waals surface area contributed by atoms with Crippen LogP contribution in [0.2, 0.25) is 0 Å². The van der Waals surface area contributed by atoms with Gasteiger partial charge in [-0.1, -0.05) is 303 Å². The first-order chi connectivity index (χ1) is 64.3. The van der Waals surface area contributed by atoms with Crippen LogP contribution in [0.25, 0.3) is 237 Å². The van der Waals surface area contributed by atoms with E-state index in [0.717, 1.165) is 116 Å². The minimum absolute atomic E-state index is 0.287. The molecule has 0 N–H and O–H groups in total. The molecule has 0 spiro atoms. The SMILES string of the molecule is N#Cc1cc(-c2nc(-c3ccccc3)nc(-c3ccccc3)n2)cc(-c2cc(-n3c4ccc(-c5nc(-c6ccccc6)nc(-c6ccccc6)n5)cc4c4cc(-c5nc(-c6ccccc6)nc(-c6ccccc6)n5)ccc43)ccn2)c1-n1c2ccc(-c3nc(-c4ccccc4)nc(-c4ccccc4)n3)cc2c2cc(-c3nc(-c4ccccc4)nc(-c4ccccc4)n3)ccc21. The van der Waals surface area contributed by atoms with Crippen molar-refractivity contribution in [2.45, 2.75) is 0 Å². The first-order valence-electron chi connectivity index (χ1n) is 42.4. The van der Waals surface area contributed by atoms with Crippen molar-refractivity contribution in [2.75, 3.05) is 0 Å². The third kappa shape index (κ3) is 14.6. The molecule has 8 aromatic heterocycles. The fraction of sp³-hybridized carbons (Fsp3) is 0. The van der Waals surface area contributed by atoms with Gasteiger partial charge in [-0.2, -0.15) is 5.26 Å². The Morgan fingerprint density at radius 2 is 0.392 bits per heavy atom. The summed E-state index contributed by atoms with van der Waals surface area (Å²) in [5.41, 5.74) is 17.5. The Morgan fingerprint density at radius 3 is 0.615 bits per heavy atom. The predicted octanol–water partition coefficient (Wildman–Crippen LogP) is 24.7. The van der Waals surface area contributed by atoms with E-state index in [2.05, 4.69) is 88.0 Å². The minimum Gasteiger partial charge on any atom is -0.309 e. The van der Waals surface area contributed by atoms with Crippen molar-refractivity contribution < 1.29 is 0 Å². The molecule has 0 aliphatic heterocycles. The van der Waals surface area contributed by atoms with E-state index >= 15 is 0 Å². The van der Waals surface area contributed by atoms with Crippen molar-refractivity contribution in [3.63, 3.8) is 0 Å². The van der Waals surface area contributed by atoms with E-state index in [-0.39, 0.29) is 5.56 Å². The van der Waals surface area contributed by atoms with Crippen LogP contribution < -0.4 is 0 Å². The zero-order valence-electron chi connectivity index (χ0n) is 69.2. The summed E-state index contributed by atoms with van der Waals surface area (Å²) >= 11 is 0. The summed E-state index contributed by atoms with van der Waals surface area (Å²) in [7, 11) is 0. The van der Waals surface area contributed by atoms with Crippen molar-refractivity contribution in [1.82, 2.24) is 88.9 Å². The molecule has 0 atom stereocenters. The summed E-state index contributed by atoms with van der Waals surface area (Å²) in [5, 5.41) is 15.8. The molecule has 0 saturated carbocycles. The monoisotopic (exact) mass is 1670 g/mol. The van der Waals surface area contributed by atoms with Crippen molar-refractivity contribution in [2.24, 2.45) is 0 Å². The first kappa shape index (κ1) is 76.5. The summed E-state index contributed by atoms with van der Waals surface area (Å²) < 4.78 is 4.42. The maximum absolute atomic E-state index is 12.5. The average molecular weight is 1670 g/mol. The second kappa shape index (κ2) is 33.0. The number of nitrogens with zero attached hydrogens (tertiary/aromatic N) is 19. The van der Waals surface area contributed by atoms with Gasteiger partial charge in [0.15, 0.2) is 87.4 Å². The molecule has 606 valence electrons. The molecule has 23 aromatic rings. The van der Waals surface area contributed by atoms with Gasteiger partial charge in [-0.3, -0.25) is 4.98 Å². The second-order valence-corrected chi connectivity index (χ2v) is 31.2. The van der Waals surface area contributed by atoms with Crippen LogP contribution in [0.15, 0.2) is 407 Å². The molecule has 0 amide bonds. The molecule has 19 heteroatoms. The molecule has 19 nitrogen and oxygen atoms in total. The van der Waals surface area contributed by atoms with Gasteiger partial charge in [-0.15, -0.1) is 0 Å². The molecular formula is C111H67N19.